The lowest BCUT2D eigenvalue weighted by atomic mass is 9.89. The smallest absolute Gasteiger partial charge is 0.326 e. The van der Waals surface area contributed by atoms with E-state index in [1.165, 1.54) is 4.90 Å². The molecule has 20 heavy (non-hydrogen) atoms. The maximum atomic E-state index is 12.4. The highest BCUT2D eigenvalue weighted by atomic mass is 16.6. The first kappa shape index (κ1) is 15.3. The number of carboxylic acids is 1. The van der Waals surface area contributed by atoms with Gasteiger partial charge in [0.05, 0.1) is 13.0 Å². The number of hydrogen-bond donors (Lipinski definition) is 2. The summed E-state index contributed by atoms with van der Waals surface area (Å²) in [5.74, 6) is -2.86. The summed E-state index contributed by atoms with van der Waals surface area (Å²) in [4.78, 5) is 25.0. The third-order valence-electron chi connectivity index (χ3n) is 4.42. The van der Waals surface area contributed by atoms with Gasteiger partial charge >= 0.3 is 5.97 Å². The normalized spacial score (nSPS) is 34.8. The quantitative estimate of drug-likeness (QED) is 0.807. The number of aliphatic hydroxyl groups is 1. The maximum Gasteiger partial charge on any atom is 0.326 e. The zero-order chi connectivity index (χ0) is 14.8. The number of amides is 1. The topological polar surface area (TPSA) is 87.1 Å². The van der Waals surface area contributed by atoms with E-state index in [4.69, 9.17) is 4.74 Å². The zero-order valence-corrected chi connectivity index (χ0v) is 11.9. The molecule has 6 heteroatoms. The second kappa shape index (κ2) is 6.10. The van der Waals surface area contributed by atoms with Gasteiger partial charge in [0.25, 0.3) is 0 Å². The van der Waals surface area contributed by atoms with Crippen molar-refractivity contribution in [3.05, 3.63) is 0 Å². The summed E-state index contributed by atoms with van der Waals surface area (Å²) in [5, 5.41) is 19.6. The number of carboxylic acid groups (broad SMARTS) is 1. The molecule has 0 aliphatic carbocycles. The standard InChI is InChI=1S/C14H23NO5/c1-10-5-4-8-20-14(10,19)9-12(16)15-7-3-2-6-11(15)13(17)18/h10-11,19H,2-9H2,1H3,(H,17,18). The van der Waals surface area contributed by atoms with Crippen LogP contribution in [0.15, 0.2) is 0 Å². The lowest BCUT2D eigenvalue weighted by molar-refractivity contribution is -0.255. The number of rotatable bonds is 3. The zero-order valence-electron chi connectivity index (χ0n) is 11.9. The molecule has 0 radical (unpaired) electrons. The molecule has 2 N–H and O–H groups in total. The lowest BCUT2D eigenvalue weighted by Crippen LogP contribution is -2.52. The fourth-order valence-electron chi connectivity index (χ4n) is 3.04. The molecule has 2 aliphatic rings. The Bertz CT molecular complexity index is 386. The predicted molar refractivity (Wildman–Crippen MR) is 70.9 cm³/mol. The number of carbonyl (C=O) groups is 2. The van der Waals surface area contributed by atoms with Crippen LogP contribution in [0.5, 0.6) is 0 Å². The van der Waals surface area contributed by atoms with Crippen LogP contribution in [0.2, 0.25) is 0 Å². The summed E-state index contributed by atoms with van der Waals surface area (Å²) < 4.78 is 5.40. The number of piperidine rings is 1. The Hall–Kier alpha value is -1.14. The van der Waals surface area contributed by atoms with Gasteiger partial charge in [-0.05, 0) is 32.1 Å². The minimum absolute atomic E-state index is 0.117. The SMILES string of the molecule is CC1CCCOC1(O)CC(=O)N1CCCCC1C(=O)O. The van der Waals surface area contributed by atoms with Crippen molar-refractivity contribution in [3.63, 3.8) is 0 Å². The summed E-state index contributed by atoms with van der Waals surface area (Å²) in [6, 6.07) is -0.765. The first-order valence-corrected chi connectivity index (χ1v) is 7.32. The highest BCUT2D eigenvalue weighted by molar-refractivity contribution is 5.84. The van der Waals surface area contributed by atoms with Crippen molar-refractivity contribution in [1.29, 1.82) is 0 Å². The molecular weight excluding hydrogens is 262 g/mol. The van der Waals surface area contributed by atoms with E-state index < -0.39 is 17.8 Å². The van der Waals surface area contributed by atoms with E-state index in [9.17, 15) is 19.8 Å². The van der Waals surface area contributed by atoms with Crippen LogP contribution in [0.4, 0.5) is 0 Å². The van der Waals surface area contributed by atoms with Gasteiger partial charge in [-0.2, -0.15) is 0 Å². The van der Waals surface area contributed by atoms with Gasteiger partial charge in [0.2, 0.25) is 5.91 Å². The van der Waals surface area contributed by atoms with E-state index in [1.54, 1.807) is 0 Å². The summed E-state index contributed by atoms with van der Waals surface area (Å²) >= 11 is 0. The molecule has 0 saturated carbocycles. The van der Waals surface area contributed by atoms with E-state index in [2.05, 4.69) is 0 Å². The highest BCUT2D eigenvalue weighted by Crippen LogP contribution is 2.32. The molecule has 0 spiro atoms. The largest absolute Gasteiger partial charge is 0.480 e. The van der Waals surface area contributed by atoms with E-state index in [-0.39, 0.29) is 18.2 Å². The van der Waals surface area contributed by atoms with Crippen molar-refractivity contribution in [2.45, 2.75) is 57.3 Å². The molecule has 0 aromatic carbocycles. The van der Waals surface area contributed by atoms with Crippen LogP contribution in [0, 0.1) is 5.92 Å². The van der Waals surface area contributed by atoms with Gasteiger partial charge in [-0.15, -0.1) is 0 Å². The molecule has 0 aromatic rings. The van der Waals surface area contributed by atoms with Gasteiger partial charge in [-0.25, -0.2) is 4.79 Å². The molecular formula is C14H23NO5. The molecule has 1 amide bonds. The van der Waals surface area contributed by atoms with Gasteiger partial charge in [0.1, 0.15) is 6.04 Å². The Morgan fingerprint density at radius 2 is 2.05 bits per heavy atom. The number of carbonyl (C=O) groups excluding carboxylic acids is 1. The van der Waals surface area contributed by atoms with E-state index >= 15 is 0 Å². The fraction of sp³-hybridized carbons (Fsp3) is 0.857. The summed E-state index contributed by atoms with van der Waals surface area (Å²) in [6.45, 7) is 2.74. The van der Waals surface area contributed by atoms with Crippen LogP contribution < -0.4 is 0 Å². The lowest BCUT2D eigenvalue weighted by Gasteiger charge is -2.40. The van der Waals surface area contributed by atoms with E-state index in [0.717, 1.165) is 25.7 Å². The Morgan fingerprint density at radius 3 is 2.70 bits per heavy atom. The third kappa shape index (κ3) is 3.12. The van der Waals surface area contributed by atoms with Crippen molar-refractivity contribution in [2.75, 3.05) is 13.2 Å². The van der Waals surface area contributed by atoms with Gasteiger partial charge in [0, 0.05) is 12.5 Å². The van der Waals surface area contributed by atoms with Crippen LogP contribution in [0.25, 0.3) is 0 Å². The number of hydrogen-bond acceptors (Lipinski definition) is 4. The third-order valence-corrected chi connectivity index (χ3v) is 4.42. The molecule has 2 aliphatic heterocycles. The van der Waals surface area contributed by atoms with E-state index in [0.29, 0.717) is 19.6 Å². The van der Waals surface area contributed by atoms with Crippen LogP contribution >= 0.6 is 0 Å². The monoisotopic (exact) mass is 285 g/mol. The summed E-state index contributed by atoms with van der Waals surface area (Å²) in [6.07, 6.45) is 3.64. The van der Waals surface area contributed by atoms with Gasteiger partial charge in [-0.3, -0.25) is 4.79 Å². The first-order valence-electron chi connectivity index (χ1n) is 7.32. The Labute approximate surface area is 118 Å². The summed E-state index contributed by atoms with van der Waals surface area (Å²) in [5.41, 5.74) is 0. The summed E-state index contributed by atoms with van der Waals surface area (Å²) in [7, 11) is 0. The molecule has 2 heterocycles. The average molecular weight is 285 g/mol. The molecule has 6 nitrogen and oxygen atoms in total. The van der Waals surface area contributed by atoms with Crippen molar-refractivity contribution in [2.24, 2.45) is 5.92 Å². The molecule has 2 saturated heterocycles. The van der Waals surface area contributed by atoms with Crippen LogP contribution in [0.1, 0.15) is 45.4 Å². The minimum atomic E-state index is -1.45. The first-order chi connectivity index (χ1) is 9.44. The number of ether oxygens (including phenoxy) is 1. The number of aliphatic carboxylic acids is 1. The Morgan fingerprint density at radius 1 is 1.30 bits per heavy atom. The molecule has 0 aromatic heterocycles. The molecule has 2 fully saturated rings. The number of nitrogens with zero attached hydrogens (tertiary/aromatic N) is 1. The van der Waals surface area contributed by atoms with Crippen LogP contribution in [-0.2, 0) is 14.3 Å². The minimum Gasteiger partial charge on any atom is -0.480 e. The average Bonchev–Trinajstić information content (AvgIpc) is 2.42. The Balaban J connectivity index is 2.04. The number of likely N-dealkylation sites (tertiary alicyclic amines) is 1. The second-order valence-electron chi connectivity index (χ2n) is 5.85. The highest BCUT2D eigenvalue weighted by Gasteiger charge is 2.42. The van der Waals surface area contributed by atoms with Gasteiger partial charge in [0.15, 0.2) is 5.79 Å². The van der Waals surface area contributed by atoms with Gasteiger partial charge < -0.3 is 19.8 Å². The van der Waals surface area contributed by atoms with Gasteiger partial charge in [-0.1, -0.05) is 6.92 Å². The molecule has 3 atom stereocenters. The molecule has 0 bridgehead atoms. The van der Waals surface area contributed by atoms with Crippen LogP contribution in [-0.4, -0.2) is 52.0 Å². The second-order valence-corrected chi connectivity index (χ2v) is 5.85. The fourth-order valence-corrected chi connectivity index (χ4v) is 3.04. The Kier molecular flexibility index (Phi) is 4.65. The maximum absolute atomic E-state index is 12.4. The van der Waals surface area contributed by atoms with E-state index in [1.807, 2.05) is 6.92 Å². The van der Waals surface area contributed by atoms with Crippen molar-refractivity contribution in [3.8, 4) is 0 Å². The van der Waals surface area contributed by atoms with Crippen molar-refractivity contribution in [1.82, 2.24) is 4.90 Å². The molecule has 2 rings (SSSR count). The van der Waals surface area contributed by atoms with Crippen molar-refractivity contribution >= 4 is 11.9 Å². The molecule has 114 valence electrons. The molecule has 3 unspecified atom stereocenters. The van der Waals surface area contributed by atoms with Crippen molar-refractivity contribution < 1.29 is 24.5 Å². The predicted octanol–water partition coefficient (Wildman–Crippen LogP) is 0.977. The van der Waals surface area contributed by atoms with Crippen LogP contribution in [0.3, 0.4) is 0 Å².